The smallest absolute Gasteiger partial charge is 0.311 e. The number of aromatic nitrogens is 1. The topological polar surface area (TPSA) is 89.3 Å². The number of hydrogen-bond donors (Lipinski definition) is 1. The average Bonchev–Trinajstić information content (AvgIpc) is 3.05. The summed E-state index contributed by atoms with van der Waals surface area (Å²) >= 11 is 0. The number of carbonyl (C=O) groups is 1. The van der Waals surface area contributed by atoms with E-state index in [9.17, 15) is 13.2 Å². The fourth-order valence-electron chi connectivity index (χ4n) is 2.08. The summed E-state index contributed by atoms with van der Waals surface area (Å²) in [6.07, 6.45) is 2.61. The average molecular weight is 342 g/mol. The van der Waals surface area contributed by atoms with E-state index in [4.69, 9.17) is 4.42 Å². The molecule has 0 aliphatic heterocycles. The second-order valence-electron chi connectivity index (χ2n) is 5.15. The molecule has 1 amide bonds. The normalized spacial score (nSPS) is 11.2. The zero-order valence-corrected chi connectivity index (χ0v) is 13.6. The first-order valence-electron chi connectivity index (χ1n) is 7.06. The molecule has 0 unspecified atom stereocenters. The number of anilines is 1. The predicted molar refractivity (Wildman–Crippen MR) is 89.4 cm³/mol. The SMILES string of the molecule is CS(=O)(=O)c1ccc(NC(=O)c2ncc(-c3ccccc3)o2)cc1. The number of carbonyl (C=O) groups excluding carboxylic acids is 1. The lowest BCUT2D eigenvalue weighted by atomic mass is 10.2. The lowest BCUT2D eigenvalue weighted by molar-refractivity contribution is 0.0991. The molecule has 0 aliphatic carbocycles. The monoisotopic (exact) mass is 342 g/mol. The third-order valence-electron chi connectivity index (χ3n) is 3.30. The van der Waals surface area contributed by atoms with Gasteiger partial charge in [-0.2, -0.15) is 0 Å². The Balaban J connectivity index is 1.75. The van der Waals surface area contributed by atoms with Gasteiger partial charge in [0.1, 0.15) is 0 Å². The molecule has 122 valence electrons. The summed E-state index contributed by atoms with van der Waals surface area (Å²) in [6.45, 7) is 0. The predicted octanol–water partition coefficient (Wildman–Crippen LogP) is 3.00. The first-order chi connectivity index (χ1) is 11.4. The summed E-state index contributed by atoms with van der Waals surface area (Å²) in [7, 11) is -3.27. The molecule has 6 nitrogen and oxygen atoms in total. The lowest BCUT2D eigenvalue weighted by Gasteiger charge is -2.03. The summed E-state index contributed by atoms with van der Waals surface area (Å²) in [5.74, 6) is -0.0847. The number of rotatable bonds is 4. The fourth-order valence-corrected chi connectivity index (χ4v) is 2.72. The summed E-state index contributed by atoms with van der Waals surface area (Å²) in [4.78, 5) is 16.3. The van der Waals surface area contributed by atoms with Gasteiger partial charge in [0.15, 0.2) is 15.6 Å². The van der Waals surface area contributed by atoms with E-state index in [1.54, 1.807) is 0 Å². The van der Waals surface area contributed by atoms with E-state index in [1.165, 1.54) is 30.5 Å². The van der Waals surface area contributed by atoms with Crippen molar-refractivity contribution in [3.63, 3.8) is 0 Å². The van der Waals surface area contributed by atoms with Gasteiger partial charge < -0.3 is 9.73 Å². The summed E-state index contributed by atoms with van der Waals surface area (Å²) < 4.78 is 28.3. The van der Waals surface area contributed by atoms with Gasteiger partial charge in [0, 0.05) is 17.5 Å². The maximum Gasteiger partial charge on any atom is 0.311 e. The fraction of sp³-hybridized carbons (Fsp3) is 0.0588. The number of amides is 1. The molecule has 1 N–H and O–H groups in total. The minimum Gasteiger partial charge on any atom is -0.432 e. The number of nitrogens with one attached hydrogen (secondary N) is 1. The highest BCUT2D eigenvalue weighted by Gasteiger charge is 2.15. The van der Waals surface area contributed by atoms with Crippen LogP contribution in [0.25, 0.3) is 11.3 Å². The third-order valence-corrected chi connectivity index (χ3v) is 4.43. The molecule has 7 heteroatoms. The van der Waals surface area contributed by atoms with Crippen LogP contribution in [0.5, 0.6) is 0 Å². The van der Waals surface area contributed by atoms with Crippen molar-refractivity contribution in [3.8, 4) is 11.3 Å². The Hall–Kier alpha value is -2.93. The molecule has 0 radical (unpaired) electrons. The lowest BCUT2D eigenvalue weighted by Crippen LogP contribution is -2.12. The van der Waals surface area contributed by atoms with Gasteiger partial charge in [-0.1, -0.05) is 30.3 Å². The molecule has 0 atom stereocenters. The Labute approximate surface area is 139 Å². The van der Waals surface area contributed by atoms with Gasteiger partial charge in [-0.25, -0.2) is 13.4 Å². The van der Waals surface area contributed by atoms with Gasteiger partial charge in [0.05, 0.1) is 11.1 Å². The standard InChI is InChI=1S/C17H14N2O4S/c1-24(21,22)14-9-7-13(8-10-14)19-16(20)17-18-11-15(23-17)12-5-3-2-4-6-12/h2-11H,1H3,(H,19,20). The molecule has 2 aromatic carbocycles. The zero-order chi connectivity index (χ0) is 17.2. The van der Waals surface area contributed by atoms with Gasteiger partial charge in [-0.15, -0.1) is 0 Å². The molecule has 24 heavy (non-hydrogen) atoms. The second kappa shape index (κ2) is 6.29. The van der Waals surface area contributed by atoms with Crippen molar-refractivity contribution in [2.45, 2.75) is 4.90 Å². The van der Waals surface area contributed by atoms with E-state index in [1.807, 2.05) is 30.3 Å². The molecule has 0 saturated carbocycles. The largest absolute Gasteiger partial charge is 0.432 e. The van der Waals surface area contributed by atoms with Crippen LogP contribution in [-0.4, -0.2) is 25.6 Å². The van der Waals surface area contributed by atoms with Crippen molar-refractivity contribution in [1.82, 2.24) is 4.98 Å². The molecule has 3 rings (SSSR count). The number of nitrogens with zero attached hydrogens (tertiary/aromatic N) is 1. The van der Waals surface area contributed by atoms with Crippen LogP contribution >= 0.6 is 0 Å². The van der Waals surface area contributed by atoms with Crippen LogP contribution < -0.4 is 5.32 Å². The van der Waals surface area contributed by atoms with Crippen LogP contribution in [0, 0.1) is 0 Å². The van der Waals surface area contributed by atoms with E-state index in [-0.39, 0.29) is 10.8 Å². The second-order valence-corrected chi connectivity index (χ2v) is 7.16. The van der Waals surface area contributed by atoms with Gasteiger partial charge >= 0.3 is 5.91 Å². The van der Waals surface area contributed by atoms with Gasteiger partial charge in [-0.3, -0.25) is 4.79 Å². The molecule has 1 heterocycles. The quantitative estimate of drug-likeness (QED) is 0.787. The van der Waals surface area contributed by atoms with Crippen LogP contribution in [0.4, 0.5) is 5.69 Å². The Kier molecular flexibility index (Phi) is 4.18. The van der Waals surface area contributed by atoms with Crippen molar-refractivity contribution >= 4 is 21.4 Å². The highest BCUT2D eigenvalue weighted by atomic mass is 32.2. The van der Waals surface area contributed by atoms with Crippen molar-refractivity contribution < 1.29 is 17.6 Å². The Bertz CT molecular complexity index is 961. The minimum atomic E-state index is -3.27. The van der Waals surface area contributed by atoms with Crippen molar-refractivity contribution in [3.05, 3.63) is 66.7 Å². The molecule has 0 saturated heterocycles. The Morgan fingerprint density at radius 3 is 2.33 bits per heavy atom. The maximum absolute atomic E-state index is 12.2. The van der Waals surface area contributed by atoms with Crippen molar-refractivity contribution in [2.75, 3.05) is 11.6 Å². The van der Waals surface area contributed by atoms with E-state index >= 15 is 0 Å². The van der Waals surface area contributed by atoms with E-state index in [2.05, 4.69) is 10.3 Å². The van der Waals surface area contributed by atoms with Gasteiger partial charge in [0.2, 0.25) is 0 Å². The summed E-state index contributed by atoms with van der Waals surface area (Å²) in [5.41, 5.74) is 1.27. The first kappa shape index (κ1) is 15.9. The molecule has 0 spiro atoms. The Morgan fingerprint density at radius 2 is 1.71 bits per heavy atom. The van der Waals surface area contributed by atoms with Crippen LogP contribution in [-0.2, 0) is 9.84 Å². The summed E-state index contributed by atoms with van der Waals surface area (Å²) in [6, 6.07) is 15.2. The number of benzene rings is 2. The molecule has 0 bridgehead atoms. The van der Waals surface area contributed by atoms with Crippen LogP contribution in [0.15, 0.2) is 70.1 Å². The summed E-state index contributed by atoms with van der Waals surface area (Å²) in [5, 5.41) is 2.61. The molecule has 3 aromatic rings. The number of oxazole rings is 1. The highest BCUT2D eigenvalue weighted by Crippen LogP contribution is 2.20. The first-order valence-corrected chi connectivity index (χ1v) is 8.95. The molecule has 0 aliphatic rings. The van der Waals surface area contributed by atoms with Crippen molar-refractivity contribution in [2.24, 2.45) is 0 Å². The highest BCUT2D eigenvalue weighted by molar-refractivity contribution is 7.90. The number of sulfone groups is 1. The zero-order valence-electron chi connectivity index (χ0n) is 12.8. The van der Waals surface area contributed by atoms with E-state index in [0.717, 1.165) is 11.8 Å². The minimum absolute atomic E-state index is 0.0685. The van der Waals surface area contributed by atoms with Crippen molar-refractivity contribution in [1.29, 1.82) is 0 Å². The van der Waals surface area contributed by atoms with Crippen LogP contribution in [0.1, 0.15) is 10.7 Å². The molecular weight excluding hydrogens is 328 g/mol. The Morgan fingerprint density at radius 1 is 1.04 bits per heavy atom. The number of hydrogen-bond acceptors (Lipinski definition) is 5. The third kappa shape index (κ3) is 3.52. The van der Waals surface area contributed by atoms with E-state index in [0.29, 0.717) is 11.4 Å². The molecule has 1 aromatic heterocycles. The maximum atomic E-state index is 12.2. The molecule has 0 fully saturated rings. The van der Waals surface area contributed by atoms with Gasteiger partial charge in [-0.05, 0) is 24.3 Å². The van der Waals surface area contributed by atoms with Crippen LogP contribution in [0.3, 0.4) is 0 Å². The molecular formula is C17H14N2O4S. The van der Waals surface area contributed by atoms with Gasteiger partial charge in [0.25, 0.3) is 5.89 Å². The van der Waals surface area contributed by atoms with Crippen LogP contribution in [0.2, 0.25) is 0 Å². The van der Waals surface area contributed by atoms with E-state index < -0.39 is 15.7 Å².